The first-order valence-corrected chi connectivity index (χ1v) is 8.75. The summed E-state index contributed by atoms with van der Waals surface area (Å²) in [4.78, 5) is 13.4. The van der Waals surface area contributed by atoms with Gasteiger partial charge < -0.3 is 5.32 Å². The lowest BCUT2D eigenvalue weighted by molar-refractivity contribution is -0.126. The average Bonchev–Trinajstić information content (AvgIpc) is 3.08. The minimum atomic E-state index is 0.286. The smallest absolute Gasteiger partial charge is 0.223 e. The molecule has 1 N–H and O–H groups in total. The van der Waals surface area contributed by atoms with Crippen molar-refractivity contribution in [2.45, 2.75) is 30.6 Å². The third-order valence-electron chi connectivity index (χ3n) is 4.56. The molecule has 3 rings (SSSR count). The van der Waals surface area contributed by atoms with Crippen molar-refractivity contribution in [3.63, 3.8) is 0 Å². The Morgan fingerprint density at radius 1 is 1.25 bits per heavy atom. The van der Waals surface area contributed by atoms with E-state index in [1.165, 1.54) is 24.2 Å². The first-order valence-electron chi connectivity index (χ1n) is 7.38. The molecule has 2 nitrogen and oxygen atoms in total. The summed E-state index contributed by atoms with van der Waals surface area (Å²) in [5, 5.41) is 3.87. The second kappa shape index (κ2) is 6.40. The molecule has 2 aliphatic rings. The summed E-state index contributed by atoms with van der Waals surface area (Å²) >= 11 is 7.61. The van der Waals surface area contributed by atoms with Crippen molar-refractivity contribution in [1.29, 1.82) is 0 Å². The number of halogens is 1. The molecule has 2 bridgehead atoms. The first kappa shape index (κ1) is 14.3. The lowest BCUT2D eigenvalue weighted by Gasteiger charge is -2.20. The van der Waals surface area contributed by atoms with Gasteiger partial charge in [-0.15, -0.1) is 11.8 Å². The fourth-order valence-corrected chi connectivity index (χ4v) is 4.47. The van der Waals surface area contributed by atoms with Crippen LogP contribution in [0.5, 0.6) is 0 Å². The van der Waals surface area contributed by atoms with E-state index in [1.807, 2.05) is 24.3 Å². The molecule has 0 spiro atoms. The highest BCUT2D eigenvalue weighted by atomic mass is 35.5. The van der Waals surface area contributed by atoms with Crippen molar-refractivity contribution < 1.29 is 4.79 Å². The lowest BCUT2D eigenvalue weighted by Crippen LogP contribution is -2.34. The molecule has 1 aromatic carbocycles. The van der Waals surface area contributed by atoms with E-state index in [9.17, 15) is 4.79 Å². The molecule has 3 atom stereocenters. The number of fused-ring (bicyclic) bond motifs is 2. The van der Waals surface area contributed by atoms with Crippen molar-refractivity contribution in [3.8, 4) is 0 Å². The molecule has 0 unspecified atom stereocenters. The Morgan fingerprint density at radius 3 is 2.70 bits per heavy atom. The molecule has 1 amide bonds. The summed E-state index contributed by atoms with van der Waals surface area (Å²) in [5.41, 5.74) is 0. The van der Waals surface area contributed by atoms with Crippen LogP contribution >= 0.6 is 23.4 Å². The third kappa shape index (κ3) is 3.32. The van der Waals surface area contributed by atoms with Gasteiger partial charge in [-0.25, -0.2) is 0 Å². The van der Waals surface area contributed by atoms with Gasteiger partial charge >= 0.3 is 0 Å². The molecule has 0 saturated heterocycles. The topological polar surface area (TPSA) is 29.1 Å². The van der Waals surface area contributed by atoms with Gasteiger partial charge in [0.05, 0.1) is 0 Å². The third-order valence-corrected chi connectivity index (χ3v) is 5.82. The summed E-state index contributed by atoms with van der Waals surface area (Å²) in [6.45, 7) is 0.750. The summed E-state index contributed by atoms with van der Waals surface area (Å²) < 4.78 is 0. The van der Waals surface area contributed by atoms with Crippen molar-refractivity contribution in [2.24, 2.45) is 17.8 Å². The van der Waals surface area contributed by atoms with Gasteiger partial charge in [0, 0.05) is 28.1 Å². The summed E-state index contributed by atoms with van der Waals surface area (Å²) in [5.74, 6) is 3.00. The standard InChI is InChI=1S/C16H20ClNOS/c17-13-3-5-14(6-4-13)20-8-7-18-16(19)15-10-11-1-2-12(15)9-11/h3-6,11-12,15H,1-2,7-10H2,(H,18,19)/t11-,12-,15-/m0/s1. The molecule has 0 aliphatic heterocycles. The van der Waals surface area contributed by atoms with Crippen LogP contribution in [0.15, 0.2) is 29.2 Å². The van der Waals surface area contributed by atoms with Crippen LogP contribution in [-0.2, 0) is 4.79 Å². The Kier molecular flexibility index (Phi) is 4.57. The largest absolute Gasteiger partial charge is 0.355 e. The number of nitrogens with one attached hydrogen (secondary N) is 1. The van der Waals surface area contributed by atoms with E-state index < -0.39 is 0 Å². The lowest BCUT2D eigenvalue weighted by atomic mass is 9.88. The van der Waals surface area contributed by atoms with Crippen molar-refractivity contribution in [2.75, 3.05) is 12.3 Å². The van der Waals surface area contributed by atoms with Crippen molar-refractivity contribution in [3.05, 3.63) is 29.3 Å². The number of hydrogen-bond donors (Lipinski definition) is 1. The van der Waals surface area contributed by atoms with Crippen LogP contribution in [0.3, 0.4) is 0 Å². The van der Waals surface area contributed by atoms with Gasteiger partial charge in [-0.05, 0) is 55.4 Å². The van der Waals surface area contributed by atoms with Crippen LogP contribution in [0.1, 0.15) is 25.7 Å². The minimum Gasteiger partial charge on any atom is -0.355 e. The highest BCUT2D eigenvalue weighted by molar-refractivity contribution is 7.99. The van der Waals surface area contributed by atoms with Crippen LogP contribution in [0.4, 0.5) is 0 Å². The minimum absolute atomic E-state index is 0.286. The highest BCUT2D eigenvalue weighted by Crippen LogP contribution is 2.48. The first-order chi connectivity index (χ1) is 9.72. The van der Waals surface area contributed by atoms with Gasteiger partial charge in [0.25, 0.3) is 0 Å². The number of thioether (sulfide) groups is 1. The Bertz CT molecular complexity index is 476. The maximum atomic E-state index is 12.2. The normalized spacial score (nSPS) is 27.8. The van der Waals surface area contributed by atoms with Crippen LogP contribution in [0, 0.1) is 17.8 Å². The van der Waals surface area contributed by atoms with Gasteiger partial charge in [0.15, 0.2) is 0 Å². The SMILES string of the molecule is O=C(NCCSc1ccc(Cl)cc1)[C@H]1C[C@H]2CC[C@H]1C2. The van der Waals surface area contributed by atoms with Gasteiger partial charge in [0.2, 0.25) is 5.91 Å². The van der Waals surface area contributed by atoms with Crippen LogP contribution < -0.4 is 5.32 Å². The molecule has 2 fully saturated rings. The highest BCUT2D eigenvalue weighted by Gasteiger charge is 2.42. The predicted octanol–water partition coefficient (Wildman–Crippen LogP) is 3.98. The van der Waals surface area contributed by atoms with E-state index >= 15 is 0 Å². The molecule has 108 valence electrons. The van der Waals surface area contributed by atoms with E-state index in [1.54, 1.807) is 11.8 Å². The average molecular weight is 310 g/mol. The number of carbonyl (C=O) groups is 1. The summed E-state index contributed by atoms with van der Waals surface area (Å²) in [7, 11) is 0. The zero-order valence-corrected chi connectivity index (χ0v) is 13.1. The van der Waals surface area contributed by atoms with Gasteiger partial charge in [-0.2, -0.15) is 0 Å². The number of rotatable bonds is 5. The molecule has 2 saturated carbocycles. The number of hydrogen-bond acceptors (Lipinski definition) is 2. The summed E-state index contributed by atoms with van der Waals surface area (Å²) in [6.07, 6.45) is 5.03. The Labute approximate surface area is 129 Å². The second-order valence-corrected chi connectivity index (χ2v) is 7.48. The van der Waals surface area contributed by atoms with Crippen LogP contribution in [-0.4, -0.2) is 18.2 Å². The molecular weight excluding hydrogens is 290 g/mol. The number of benzene rings is 1. The van der Waals surface area contributed by atoms with Gasteiger partial charge in [0.1, 0.15) is 0 Å². The van der Waals surface area contributed by atoms with E-state index in [2.05, 4.69) is 5.32 Å². The zero-order chi connectivity index (χ0) is 13.9. The maximum Gasteiger partial charge on any atom is 0.223 e. The van der Waals surface area contributed by atoms with Crippen molar-refractivity contribution in [1.82, 2.24) is 5.32 Å². The quantitative estimate of drug-likeness (QED) is 0.658. The van der Waals surface area contributed by atoms with Gasteiger partial charge in [-0.3, -0.25) is 4.79 Å². The summed E-state index contributed by atoms with van der Waals surface area (Å²) in [6, 6.07) is 7.84. The second-order valence-electron chi connectivity index (χ2n) is 5.87. The molecule has 0 heterocycles. The monoisotopic (exact) mass is 309 g/mol. The molecule has 1 aromatic rings. The van der Waals surface area contributed by atoms with E-state index in [-0.39, 0.29) is 5.91 Å². The molecule has 0 aromatic heterocycles. The number of amides is 1. The zero-order valence-electron chi connectivity index (χ0n) is 11.5. The van der Waals surface area contributed by atoms with Gasteiger partial charge in [-0.1, -0.05) is 18.0 Å². The van der Waals surface area contributed by atoms with Crippen molar-refractivity contribution >= 4 is 29.3 Å². The molecule has 0 radical (unpaired) electrons. The molecular formula is C16H20ClNOS. The molecule has 4 heteroatoms. The fraction of sp³-hybridized carbons (Fsp3) is 0.562. The van der Waals surface area contributed by atoms with E-state index in [4.69, 9.17) is 11.6 Å². The predicted molar refractivity (Wildman–Crippen MR) is 84.1 cm³/mol. The fourth-order valence-electron chi connectivity index (χ4n) is 3.57. The Morgan fingerprint density at radius 2 is 2.05 bits per heavy atom. The Balaban J connectivity index is 1.37. The molecule has 20 heavy (non-hydrogen) atoms. The van der Waals surface area contributed by atoms with E-state index in [0.717, 1.165) is 29.7 Å². The maximum absolute atomic E-state index is 12.2. The number of carbonyl (C=O) groups excluding carboxylic acids is 1. The van der Waals surface area contributed by atoms with Crippen LogP contribution in [0.2, 0.25) is 5.02 Å². The Hall–Kier alpha value is -0.670. The van der Waals surface area contributed by atoms with Crippen LogP contribution in [0.25, 0.3) is 0 Å². The van der Waals surface area contributed by atoms with E-state index in [0.29, 0.717) is 11.8 Å². The molecule has 2 aliphatic carbocycles.